The molecule has 0 radical (unpaired) electrons. The van der Waals surface area contributed by atoms with Gasteiger partial charge in [-0.25, -0.2) is 18.7 Å². The van der Waals surface area contributed by atoms with Crippen LogP contribution in [-0.4, -0.2) is 45.3 Å². The van der Waals surface area contributed by atoms with Crippen LogP contribution < -0.4 is 10.7 Å². The number of aromatic nitrogens is 4. The standard InChI is InChI=1S/C24H20F2N6O/c25-17-4-1-15(2-5-17)21-22(16-3-6-20-18(13-16)19(26)14-32(20)27)31-8-7-28-23(24(31)29-21)30-9-11-33-12-10-30/h1-8,13-14H,9-12,27H2. The van der Waals surface area contributed by atoms with E-state index in [1.54, 1.807) is 30.5 Å². The van der Waals surface area contributed by atoms with E-state index in [2.05, 4.69) is 9.88 Å². The van der Waals surface area contributed by atoms with Crippen LogP contribution in [0.5, 0.6) is 0 Å². The van der Waals surface area contributed by atoms with Gasteiger partial charge in [0.15, 0.2) is 17.3 Å². The molecule has 0 unspecified atom stereocenters. The number of hydrogen-bond donors (Lipinski definition) is 1. The van der Waals surface area contributed by atoms with Gasteiger partial charge in [0.2, 0.25) is 0 Å². The van der Waals surface area contributed by atoms with E-state index in [4.69, 9.17) is 15.6 Å². The van der Waals surface area contributed by atoms with Crippen molar-refractivity contribution < 1.29 is 13.5 Å². The highest BCUT2D eigenvalue weighted by atomic mass is 19.1. The number of fused-ring (bicyclic) bond motifs is 2. The Bertz CT molecular complexity index is 1480. The molecule has 3 aromatic heterocycles. The second kappa shape index (κ2) is 7.56. The van der Waals surface area contributed by atoms with Crippen LogP contribution in [0, 0.1) is 11.6 Å². The first kappa shape index (κ1) is 19.7. The van der Waals surface area contributed by atoms with Gasteiger partial charge in [-0.2, -0.15) is 0 Å². The van der Waals surface area contributed by atoms with Gasteiger partial charge in [-0.05, 0) is 36.4 Å². The van der Waals surface area contributed by atoms with Crippen molar-refractivity contribution in [3.63, 3.8) is 0 Å². The van der Waals surface area contributed by atoms with Gasteiger partial charge in [0, 0.05) is 42.0 Å². The minimum absolute atomic E-state index is 0.326. The van der Waals surface area contributed by atoms with Crippen molar-refractivity contribution in [2.24, 2.45) is 0 Å². The molecule has 4 heterocycles. The zero-order chi connectivity index (χ0) is 22.5. The minimum atomic E-state index is -0.401. The summed E-state index contributed by atoms with van der Waals surface area (Å²) >= 11 is 0. The largest absolute Gasteiger partial charge is 0.378 e. The summed E-state index contributed by atoms with van der Waals surface area (Å²) in [4.78, 5) is 11.7. The molecule has 0 atom stereocenters. The molecule has 9 heteroatoms. The third-order valence-corrected chi connectivity index (χ3v) is 6.01. The summed E-state index contributed by atoms with van der Waals surface area (Å²) in [6.45, 7) is 2.66. The molecule has 1 saturated heterocycles. The van der Waals surface area contributed by atoms with E-state index in [1.165, 1.54) is 23.0 Å². The van der Waals surface area contributed by atoms with Crippen molar-refractivity contribution in [3.05, 3.63) is 72.7 Å². The Morgan fingerprint density at radius 3 is 2.52 bits per heavy atom. The highest BCUT2D eigenvalue weighted by Crippen LogP contribution is 2.36. The lowest BCUT2D eigenvalue weighted by Gasteiger charge is -2.27. The van der Waals surface area contributed by atoms with Gasteiger partial charge in [-0.15, -0.1) is 0 Å². The average Bonchev–Trinajstić information content (AvgIpc) is 3.37. The van der Waals surface area contributed by atoms with Crippen LogP contribution >= 0.6 is 0 Å². The normalized spacial score (nSPS) is 14.4. The summed E-state index contributed by atoms with van der Waals surface area (Å²) in [5.41, 5.74) is 4.19. The monoisotopic (exact) mass is 446 g/mol. The maximum Gasteiger partial charge on any atom is 0.181 e. The van der Waals surface area contributed by atoms with Gasteiger partial charge in [0.1, 0.15) is 5.82 Å². The third kappa shape index (κ3) is 3.20. The Kier molecular flexibility index (Phi) is 4.51. The average molecular weight is 446 g/mol. The quantitative estimate of drug-likeness (QED) is 0.426. The third-order valence-electron chi connectivity index (χ3n) is 6.01. The van der Waals surface area contributed by atoms with Crippen molar-refractivity contribution in [2.75, 3.05) is 37.0 Å². The van der Waals surface area contributed by atoms with Crippen LogP contribution in [0.15, 0.2) is 61.1 Å². The van der Waals surface area contributed by atoms with E-state index in [-0.39, 0.29) is 5.82 Å². The van der Waals surface area contributed by atoms with E-state index >= 15 is 0 Å². The molecule has 0 bridgehead atoms. The molecule has 1 aliphatic rings. The number of halogens is 2. The molecule has 6 rings (SSSR count). The topological polar surface area (TPSA) is 73.6 Å². The lowest BCUT2D eigenvalue weighted by atomic mass is 10.0. The van der Waals surface area contributed by atoms with Gasteiger partial charge in [0.05, 0.1) is 36.3 Å². The molecule has 33 heavy (non-hydrogen) atoms. The van der Waals surface area contributed by atoms with E-state index in [1.807, 2.05) is 16.7 Å². The van der Waals surface area contributed by atoms with Crippen molar-refractivity contribution in [3.8, 4) is 22.5 Å². The van der Waals surface area contributed by atoms with Gasteiger partial charge < -0.3 is 15.5 Å². The molecule has 166 valence electrons. The molecule has 7 nitrogen and oxygen atoms in total. The van der Waals surface area contributed by atoms with Crippen molar-refractivity contribution in [2.45, 2.75) is 0 Å². The molecule has 0 aliphatic carbocycles. The first-order chi connectivity index (χ1) is 16.1. The van der Waals surface area contributed by atoms with Crippen LogP contribution in [0.3, 0.4) is 0 Å². The molecule has 0 saturated carbocycles. The number of ether oxygens (including phenoxy) is 1. The fourth-order valence-electron chi connectivity index (χ4n) is 4.41. The second-order valence-electron chi connectivity index (χ2n) is 7.98. The number of morpholine rings is 1. The zero-order valence-corrected chi connectivity index (χ0v) is 17.6. The molecule has 0 spiro atoms. The SMILES string of the molecule is Nn1cc(F)c2cc(-c3c(-c4ccc(F)cc4)nc4c(N5CCOCC5)nccn34)ccc21. The molecule has 5 aromatic rings. The predicted octanol–water partition coefficient (Wildman–Crippen LogP) is 3.85. The van der Waals surface area contributed by atoms with Crippen molar-refractivity contribution in [1.82, 2.24) is 19.0 Å². The van der Waals surface area contributed by atoms with Crippen molar-refractivity contribution in [1.29, 1.82) is 0 Å². The minimum Gasteiger partial charge on any atom is -0.378 e. The molecule has 0 amide bonds. The van der Waals surface area contributed by atoms with Gasteiger partial charge in [-0.3, -0.25) is 9.08 Å². The smallest absolute Gasteiger partial charge is 0.181 e. The highest BCUT2D eigenvalue weighted by molar-refractivity contribution is 5.91. The number of anilines is 1. The number of rotatable bonds is 3. The van der Waals surface area contributed by atoms with Crippen LogP contribution in [0.2, 0.25) is 0 Å². The fraction of sp³-hybridized carbons (Fsp3) is 0.167. The highest BCUT2D eigenvalue weighted by Gasteiger charge is 2.23. The Morgan fingerprint density at radius 2 is 1.73 bits per heavy atom. The van der Waals surface area contributed by atoms with E-state index in [9.17, 15) is 8.78 Å². The number of nitrogens with zero attached hydrogens (tertiary/aromatic N) is 5. The molecular formula is C24H20F2N6O. The predicted molar refractivity (Wildman–Crippen MR) is 122 cm³/mol. The Morgan fingerprint density at radius 1 is 0.970 bits per heavy atom. The number of benzene rings is 2. The summed E-state index contributed by atoms with van der Waals surface area (Å²) in [5.74, 6) is 5.89. The Balaban J connectivity index is 1.63. The first-order valence-electron chi connectivity index (χ1n) is 10.6. The molecule has 1 aliphatic heterocycles. The summed E-state index contributed by atoms with van der Waals surface area (Å²) in [5, 5.41) is 0.414. The number of nitrogen functional groups attached to an aromatic ring is 1. The van der Waals surface area contributed by atoms with Crippen LogP contribution in [0.4, 0.5) is 14.6 Å². The number of nitrogens with two attached hydrogens (primary N) is 1. The van der Waals surface area contributed by atoms with Gasteiger partial charge in [-0.1, -0.05) is 6.07 Å². The van der Waals surface area contributed by atoms with Crippen LogP contribution in [0.1, 0.15) is 0 Å². The zero-order valence-electron chi connectivity index (χ0n) is 17.6. The van der Waals surface area contributed by atoms with Crippen LogP contribution in [-0.2, 0) is 4.74 Å². The Labute approximate surface area is 187 Å². The fourth-order valence-corrected chi connectivity index (χ4v) is 4.41. The molecule has 1 fully saturated rings. The van der Waals surface area contributed by atoms with E-state index < -0.39 is 5.82 Å². The second-order valence-corrected chi connectivity index (χ2v) is 7.98. The van der Waals surface area contributed by atoms with E-state index in [0.29, 0.717) is 48.5 Å². The number of hydrogen-bond acceptors (Lipinski definition) is 5. The van der Waals surface area contributed by atoms with Gasteiger partial charge >= 0.3 is 0 Å². The summed E-state index contributed by atoms with van der Waals surface area (Å²) in [7, 11) is 0. The van der Waals surface area contributed by atoms with Gasteiger partial charge in [0.25, 0.3) is 0 Å². The molecular weight excluding hydrogens is 426 g/mol. The lowest BCUT2D eigenvalue weighted by Crippen LogP contribution is -2.37. The molecule has 2 aromatic carbocycles. The summed E-state index contributed by atoms with van der Waals surface area (Å²) in [6, 6.07) is 11.6. The first-order valence-corrected chi connectivity index (χ1v) is 10.6. The van der Waals surface area contributed by atoms with Crippen LogP contribution in [0.25, 0.3) is 39.1 Å². The molecule has 2 N–H and O–H groups in total. The maximum absolute atomic E-state index is 14.5. The maximum atomic E-state index is 14.5. The van der Waals surface area contributed by atoms with Crippen molar-refractivity contribution >= 4 is 22.4 Å². The summed E-state index contributed by atoms with van der Waals surface area (Å²) < 4.78 is 36.9. The summed E-state index contributed by atoms with van der Waals surface area (Å²) in [6.07, 6.45) is 4.82. The number of imidazole rings is 1. The van der Waals surface area contributed by atoms with E-state index in [0.717, 1.165) is 22.6 Å². The Hall–Kier alpha value is -3.98. The lowest BCUT2D eigenvalue weighted by molar-refractivity contribution is 0.122.